The smallest absolute Gasteiger partial charge is 0.308 e. The first kappa shape index (κ1) is 15.8. The van der Waals surface area contributed by atoms with Crippen molar-refractivity contribution in [2.24, 2.45) is 5.92 Å². The van der Waals surface area contributed by atoms with Crippen LogP contribution < -0.4 is 0 Å². The van der Waals surface area contributed by atoms with Crippen molar-refractivity contribution in [3.63, 3.8) is 0 Å². The molecule has 4 heteroatoms. The molecular weight excluding hydrogens is 254 g/mol. The lowest BCUT2D eigenvalue weighted by Gasteiger charge is -2.40. The molecule has 1 saturated heterocycles. The van der Waals surface area contributed by atoms with E-state index in [0.29, 0.717) is 6.10 Å². The Balaban J connectivity index is 1.97. The zero-order valence-electron chi connectivity index (χ0n) is 12.7. The average Bonchev–Trinajstić information content (AvgIpc) is 2.71. The Morgan fingerprint density at radius 1 is 1.20 bits per heavy atom. The van der Waals surface area contributed by atoms with Crippen LogP contribution in [0.4, 0.5) is 0 Å². The van der Waals surface area contributed by atoms with Gasteiger partial charge >= 0.3 is 5.97 Å². The molecular formula is C16H29NO3. The molecule has 1 heterocycles. The molecule has 0 spiro atoms. The molecule has 1 aliphatic heterocycles. The zero-order valence-corrected chi connectivity index (χ0v) is 12.7. The minimum atomic E-state index is -0.603. The summed E-state index contributed by atoms with van der Waals surface area (Å²) >= 11 is 0. The Kier molecular flexibility index (Phi) is 6.30. The van der Waals surface area contributed by atoms with Crippen LogP contribution in [0, 0.1) is 5.92 Å². The number of rotatable bonds is 5. The molecule has 3 unspecified atom stereocenters. The molecule has 2 rings (SSSR count). The van der Waals surface area contributed by atoms with Crippen molar-refractivity contribution in [3.05, 3.63) is 0 Å². The molecule has 1 N–H and O–H groups in total. The fourth-order valence-electron chi connectivity index (χ4n) is 3.70. The van der Waals surface area contributed by atoms with E-state index < -0.39 is 5.97 Å². The predicted molar refractivity (Wildman–Crippen MR) is 78.8 cm³/mol. The van der Waals surface area contributed by atoms with Crippen LogP contribution in [0.3, 0.4) is 0 Å². The van der Waals surface area contributed by atoms with Gasteiger partial charge in [0.2, 0.25) is 0 Å². The van der Waals surface area contributed by atoms with Crippen LogP contribution in [0.1, 0.15) is 58.3 Å². The van der Waals surface area contributed by atoms with Gasteiger partial charge in [-0.05, 0) is 38.6 Å². The summed E-state index contributed by atoms with van der Waals surface area (Å²) in [5.41, 5.74) is 0. The number of piperidine rings is 1. The first-order chi connectivity index (χ1) is 9.72. The Bertz CT molecular complexity index is 308. The van der Waals surface area contributed by atoms with Crippen LogP contribution in [-0.2, 0) is 9.53 Å². The number of nitrogens with zero attached hydrogens (tertiary/aromatic N) is 1. The third-order valence-corrected chi connectivity index (χ3v) is 4.73. The summed E-state index contributed by atoms with van der Waals surface area (Å²) in [4.78, 5) is 14.0. The summed E-state index contributed by atoms with van der Waals surface area (Å²) in [5.74, 6) is -0.782. The van der Waals surface area contributed by atoms with Gasteiger partial charge in [-0.3, -0.25) is 9.69 Å². The van der Waals surface area contributed by atoms with Gasteiger partial charge in [-0.15, -0.1) is 0 Å². The molecule has 3 atom stereocenters. The van der Waals surface area contributed by atoms with Crippen molar-refractivity contribution in [3.8, 4) is 0 Å². The lowest BCUT2D eigenvalue weighted by Crippen LogP contribution is -2.49. The van der Waals surface area contributed by atoms with Crippen molar-refractivity contribution in [2.45, 2.75) is 70.4 Å². The van der Waals surface area contributed by atoms with Gasteiger partial charge < -0.3 is 9.84 Å². The topological polar surface area (TPSA) is 49.8 Å². The molecule has 0 aromatic rings. The molecule has 0 amide bonds. The minimum Gasteiger partial charge on any atom is -0.481 e. The second-order valence-electron chi connectivity index (χ2n) is 6.28. The highest BCUT2D eigenvalue weighted by atomic mass is 16.5. The van der Waals surface area contributed by atoms with Crippen LogP contribution in [-0.4, -0.2) is 47.8 Å². The van der Waals surface area contributed by atoms with E-state index in [1.165, 1.54) is 12.8 Å². The number of likely N-dealkylation sites (tertiary alicyclic amines) is 1. The van der Waals surface area contributed by atoms with Gasteiger partial charge in [0, 0.05) is 19.2 Å². The van der Waals surface area contributed by atoms with Crippen LogP contribution in [0.5, 0.6) is 0 Å². The van der Waals surface area contributed by atoms with Crippen molar-refractivity contribution < 1.29 is 14.6 Å². The maximum absolute atomic E-state index is 11.6. The molecule has 0 aromatic carbocycles. The molecule has 1 aliphatic carbocycles. The van der Waals surface area contributed by atoms with E-state index in [1.807, 2.05) is 0 Å². The van der Waals surface area contributed by atoms with Crippen LogP contribution in [0.15, 0.2) is 0 Å². The summed E-state index contributed by atoms with van der Waals surface area (Å²) < 4.78 is 5.89. The highest BCUT2D eigenvalue weighted by Gasteiger charge is 2.35. The lowest BCUT2D eigenvalue weighted by atomic mass is 9.91. The first-order valence-electron chi connectivity index (χ1n) is 8.30. The summed E-state index contributed by atoms with van der Waals surface area (Å²) in [6.45, 7) is 4.92. The average molecular weight is 283 g/mol. The molecule has 4 nitrogen and oxygen atoms in total. The van der Waals surface area contributed by atoms with Crippen LogP contribution in [0.25, 0.3) is 0 Å². The Labute approximate surface area is 122 Å². The molecule has 0 radical (unpaired) electrons. The van der Waals surface area contributed by atoms with Crippen molar-refractivity contribution in [2.75, 3.05) is 19.7 Å². The van der Waals surface area contributed by atoms with E-state index in [1.54, 1.807) is 0 Å². The largest absolute Gasteiger partial charge is 0.481 e. The molecule has 116 valence electrons. The van der Waals surface area contributed by atoms with Gasteiger partial charge in [-0.25, -0.2) is 0 Å². The van der Waals surface area contributed by atoms with Crippen LogP contribution >= 0.6 is 0 Å². The molecule has 1 saturated carbocycles. The summed E-state index contributed by atoms with van der Waals surface area (Å²) in [5, 5.41) is 9.51. The highest BCUT2D eigenvalue weighted by molar-refractivity contribution is 5.70. The van der Waals surface area contributed by atoms with Gasteiger partial charge in [0.05, 0.1) is 12.0 Å². The maximum Gasteiger partial charge on any atom is 0.308 e. The SMILES string of the molecule is CCCOC1CCCN(C2CCCCCC2C(=O)O)C1. The summed E-state index contributed by atoms with van der Waals surface area (Å²) in [7, 11) is 0. The fraction of sp³-hybridized carbons (Fsp3) is 0.938. The first-order valence-corrected chi connectivity index (χ1v) is 8.30. The van der Waals surface area contributed by atoms with E-state index in [-0.39, 0.29) is 12.0 Å². The van der Waals surface area contributed by atoms with E-state index in [4.69, 9.17) is 4.74 Å². The normalized spacial score (nSPS) is 32.8. The number of hydrogen-bond acceptors (Lipinski definition) is 3. The summed E-state index contributed by atoms with van der Waals surface area (Å²) in [6.07, 6.45) is 8.93. The third kappa shape index (κ3) is 4.19. The maximum atomic E-state index is 11.6. The number of carbonyl (C=O) groups is 1. The van der Waals surface area contributed by atoms with E-state index in [9.17, 15) is 9.90 Å². The minimum absolute atomic E-state index is 0.178. The Hall–Kier alpha value is -0.610. The quantitative estimate of drug-likeness (QED) is 0.788. The molecule has 2 fully saturated rings. The second-order valence-corrected chi connectivity index (χ2v) is 6.28. The van der Waals surface area contributed by atoms with Crippen molar-refractivity contribution in [1.29, 1.82) is 0 Å². The van der Waals surface area contributed by atoms with Gasteiger partial charge in [0.15, 0.2) is 0 Å². The molecule has 20 heavy (non-hydrogen) atoms. The van der Waals surface area contributed by atoms with E-state index >= 15 is 0 Å². The van der Waals surface area contributed by atoms with Crippen LogP contribution in [0.2, 0.25) is 0 Å². The van der Waals surface area contributed by atoms with Gasteiger partial charge in [0.25, 0.3) is 0 Å². The van der Waals surface area contributed by atoms with Crippen molar-refractivity contribution in [1.82, 2.24) is 4.90 Å². The highest BCUT2D eigenvalue weighted by Crippen LogP contribution is 2.30. The standard InChI is InChI=1S/C16H29NO3/c1-2-11-20-13-7-6-10-17(12-13)15-9-5-3-4-8-14(15)16(18)19/h13-15H,2-12H2,1H3,(H,18,19). The molecule has 0 aromatic heterocycles. The Morgan fingerprint density at radius 2 is 2.00 bits per heavy atom. The molecule has 2 aliphatic rings. The number of hydrogen-bond donors (Lipinski definition) is 1. The van der Waals surface area contributed by atoms with Crippen molar-refractivity contribution >= 4 is 5.97 Å². The van der Waals surface area contributed by atoms with Gasteiger partial charge in [0.1, 0.15) is 0 Å². The molecule has 0 bridgehead atoms. The number of aliphatic carboxylic acids is 1. The number of carboxylic acid groups (broad SMARTS) is 1. The fourth-order valence-corrected chi connectivity index (χ4v) is 3.70. The third-order valence-electron chi connectivity index (χ3n) is 4.73. The van der Waals surface area contributed by atoms with E-state index in [0.717, 1.165) is 58.2 Å². The predicted octanol–water partition coefficient (Wildman–Crippen LogP) is 2.91. The summed E-state index contributed by atoms with van der Waals surface area (Å²) in [6, 6.07) is 0.225. The van der Waals surface area contributed by atoms with Gasteiger partial charge in [-0.2, -0.15) is 0 Å². The Morgan fingerprint density at radius 3 is 2.75 bits per heavy atom. The lowest BCUT2D eigenvalue weighted by molar-refractivity contribution is -0.145. The number of carboxylic acids is 1. The zero-order chi connectivity index (χ0) is 14.4. The number of ether oxygens (including phenoxy) is 1. The van der Waals surface area contributed by atoms with Gasteiger partial charge in [-0.1, -0.05) is 26.2 Å². The second kappa shape index (κ2) is 7.99. The van der Waals surface area contributed by atoms with E-state index in [2.05, 4.69) is 11.8 Å². The monoisotopic (exact) mass is 283 g/mol.